The van der Waals surface area contributed by atoms with Crippen molar-refractivity contribution in [3.8, 4) is 5.75 Å². The number of hydrogen-bond acceptors (Lipinski definition) is 2. The van der Waals surface area contributed by atoms with Gasteiger partial charge in [-0.3, -0.25) is 5.32 Å². The van der Waals surface area contributed by atoms with Gasteiger partial charge in [-0.1, -0.05) is 12.1 Å². The van der Waals surface area contributed by atoms with Gasteiger partial charge in [0.25, 0.3) is 0 Å². The smallest absolute Gasteiger partial charge is 0.119 e. The van der Waals surface area contributed by atoms with Crippen LogP contribution in [0.5, 0.6) is 5.75 Å². The summed E-state index contributed by atoms with van der Waals surface area (Å²) >= 11 is 5.52. The van der Waals surface area contributed by atoms with Crippen LogP contribution in [-0.2, 0) is 6.54 Å². The fourth-order valence-electron chi connectivity index (χ4n) is 1.15. The standard InChI is InChI=1S/C11H16ClNO/c1-9(2)14-11-5-3-10(4-6-11)7-13-8-12/h3-6,9,13H,7-8H2,1-2H3. The molecule has 2 nitrogen and oxygen atoms in total. The molecule has 1 aromatic carbocycles. The van der Waals surface area contributed by atoms with Gasteiger partial charge in [0.1, 0.15) is 5.75 Å². The number of benzene rings is 1. The zero-order chi connectivity index (χ0) is 10.4. The van der Waals surface area contributed by atoms with Crippen LogP contribution in [0.2, 0.25) is 0 Å². The fourth-order valence-corrected chi connectivity index (χ4v) is 1.24. The van der Waals surface area contributed by atoms with Gasteiger partial charge in [0.05, 0.1) is 12.1 Å². The summed E-state index contributed by atoms with van der Waals surface area (Å²) in [5.74, 6) is 0.912. The lowest BCUT2D eigenvalue weighted by Gasteiger charge is -2.09. The lowest BCUT2D eigenvalue weighted by molar-refractivity contribution is 0.242. The van der Waals surface area contributed by atoms with Crippen molar-refractivity contribution in [2.45, 2.75) is 26.5 Å². The Morgan fingerprint density at radius 2 is 1.93 bits per heavy atom. The molecule has 3 heteroatoms. The van der Waals surface area contributed by atoms with Gasteiger partial charge in [-0.25, -0.2) is 0 Å². The maximum absolute atomic E-state index is 5.53. The number of halogens is 1. The molecule has 0 radical (unpaired) electrons. The molecule has 78 valence electrons. The van der Waals surface area contributed by atoms with Gasteiger partial charge in [0.15, 0.2) is 0 Å². The highest BCUT2D eigenvalue weighted by molar-refractivity contribution is 6.17. The SMILES string of the molecule is CC(C)Oc1ccc(CNCCl)cc1. The second-order valence-electron chi connectivity index (χ2n) is 3.37. The zero-order valence-electron chi connectivity index (χ0n) is 8.59. The van der Waals surface area contributed by atoms with E-state index in [4.69, 9.17) is 16.3 Å². The van der Waals surface area contributed by atoms with Crippen LogP contribution >= 0.6 is 11.6 Å². The minimum absolute atomic E-state index is 0.224. The molecule has 0 saturated carbocycles. The molecule has 0 atom stereocenters. The largest absolute Gasteiger partial charge is 0.491 e. The topological polar surface area (TPSA) is 21.3 Å². The van der Waals surface area contributed by atoms with Crippen molar-refractivity contribution in [2.24, 2.45) is 0 Å². The van der Waals surface area contributed by atoms with E-state index in [1.807, 2.05) is 38.1 Å². The van der Waals surface area contributed by atoms with E-state index in [0.717, 1.165) is 12.3 Å². The van der Waals surface area contributed by atoms with Gasteiger partial charge in [-0.2, -0.15) is 0 Å². The Balaban J connectivity index is 2.50. The van der Waals surface area contributed by atoms with Crippen molar-refractivity contribution >= 4 is 11.6 Å². The number of nitrogens with one attached hydrogen (secondary N) is 1. The Kier molecular flexibility index (Phi) is 4.77. The Bertz CT molecular complexity index is 258. The van der Waals surface area contributed by atoms with E-state index in [1.54, 1.807) is 0 Å². The predicted octanol–water partition coefficient (Wildman–Crippen LogP) is 2.76. The first kappa shape index (κ1) is 11.3. The average molecular weight is 214 g/mol. The molecule has 0 aliphatic heterocycles. The highest BCUT2D eigenvalue weighted by atomic mass is 35.5. The molecule has 0 bridgehead atoms. The summed E-state index contributed by atoms with van der Waals surface area (Å²) in [5, 5.41) is 3.05. The molecule has 0 spiro atoms. The second kappa shape index (κ2) is 5.89. The molecule has 0 unspecified atom stereocenters. The normalized spacial score (nSPS) is 10.6. The molecule has 0 aromatic heterocycles. The van der Waals surface area contributed by atoms with Crippen molar-refractivity contribution in [3.05, 3.63) is 29.8 Å². The highest BCUT2D eigenvalue weighted by Crippen LogP contribution is 2.13. The molecule has 0 fully saturated rings. The monoisotopic (exact) mass is 213 g/mol. The van der Waals surface area contributed by atoms with Crippen LogP contribution in [0.25, 0.3) is 0 Å². The van der Waals surface area contributed by atoms with E-state index in [0.29, 0.717) is 6.00 Å². The average Bonchev–Trinajstić information content (AvgIpc) is 2.16. The number of ether oxygens (including phenoxy) is 1. The molecule has 1 rings (SSSR count). The fraction of sp³-hybridized carbons (Fsp3) is 0.455. The van der Waals surface area contributed by atoms with E-state index in [9.17, 15) is 0 Å². The maximum atomic E-state index is 5.53. The van der Waals surface area contributed by atoms with Crippen LogP contribution in [0.1, 0.15) is 19.4 Å². The minimum Gasteiger partial charge on any atom is -0.491 e. The summed E-state index contributed by atoms with van der Waals surface area (Å²) in [4.78, 5) is 0. The second-order valence-corrected chi connectivity index (χ2v) is 3.64. The van der Waals surface area contributed by atoms with Crippen LogP contribution < -0.4 is 10.1 Å². The molecule has 0 heterocycles. The van der Waals surface area contributed by atoms with Crippen molar-refractivity contribution in [2.75, 3.05) is 6.00 Å². The lowest BCUT2D eigenvalue weighted by atomic mass is 10.2. The van der Waals surface area contributed by atoms with Crippen molar-refractivity contribution in [3.63, 3.8) is 0 Å². The van der Waals surface area contributed by atoms with E-state index in [1.165, 1.54) is 5.56 Å². The van der Waals surface area contributed by atoms with Crippen LogP contribution in [0.15, 0.2) is 24.3 Å². The summed E-state index contributed by atoms with van der Waals surface area (Å²) in [5.41, 5.74) is 1.21. The highest BCUT2D eigenvalue weighted by Gasteiger charge is 1.97. The van der Waals surface area contributed by atoms with E-state index in [-0.39, 0.29) is 6.10 Å². The van der Waals surface area contributed by atoms with E-state index in [2.05, 4.69) is 5.32 Å². The molecule has 0 amide bonds. The van der Waals surface area contributed by atoms with E-state index < -0.39 is 0 Å². The Labute approximate surface area is 90.2 Å². The molecule has 0 aliphatic rings. The van der Waals surface area contributed by atoms with Gasteiger partial charge in [-0.15, -0.1) is 11.6 Å². The molecular weight excluding hydrogens is 198 g/mol. The predicted molar refractivity (Wildman–Crippen MR) is 59.8 cm³/mol. The van der Waals surface area contributed by atoms with Gasteiger partial charge >= 0.3 is 0 Å². The van der Waals surface area contributed by atoms with Crippen molar-refractivity contribution in [1.82, 2.24) is 5.32 Å². The Morgan fingerprint density at radius 1 is 1.29 bits per heavy atom. The first-order chi connectivity index (χ1) is 6.72. The molecule has 0 saturated heterocycles. The third-order valence-electron chi connectivity index (χ3n) is 1.72. The van der Waals surface area contributed by atoms with Crippen LogP contribution in [0, 0.1) is 0 Å². The summed E-state index contributed by atoms with van der Waals surface area (Å²) in [6.45, 7) is 4.83. The summed E-state index contributed by atoms with van der Waals surface area (Å²) < 4.78 is 5.53. The third-order valence-corrected chi connectivity index (χ3v) is 1.91. The maximum Gasteiger partial charge on any atom is 0.119 e. The quantitative estimate of drug-likeness (QED) is 0.600. The van der Waals surface area contributed by atoms with Gasteiger partial charge < -0.3 is 4.74 Å². The zero-order valence-corrected chi connectivity index (χ0v) is 9.34. The summed E-state index contributed by atoms with van der Waals surface area (Å²) in [6, 6.07) is 8.51. The van der Waals surface area contributed by atoms with Crippen molar-refractivity contribution in [1.29, 1.82) is 0 Å². The van der Waals surface area contributed by atoms with E-state index >= 15 is 0 Å². The minimum atomic E-state index is 0.224. The lowest BCUT2D eigenvalue weighted by Crippen LogP contribution is -2.10. The van der Waals surface area contributed by atoms with Crippen LogP contribution in [0.3, 0.4) is 0 Å². The van der Waals surface area contributed by atoms with Crippen LogP contribution in [0.4, 0.5) is 0 Å². The number of hydrogen-bond donors (Lipinski definition) is 1. The third kappa shape index (κ3) is 3.99. The molecular formula is C11H16ClNO. The van der Waals surface area contributed by atoms with Crippen molar-refractivity contribution < 1.29 is 4.74 Å². The first-order valence-corrected chi connectivity index (χ1v) is 5.28. The summed E-state index contributed by atoms with van der Waals surface area (Å²) in [6.07, 6.45) is 0.224. The molecule has 14 heavy (non-hydrogen) atoms. The number of rotatable bonds is 5. The van der Waals surface area contributed by atoms with Gasteiger partial charge in [0.2, 0.25) is 0 Å². The Hall–Kier alpha value is -0.730. The Morgan fingerprint density at radius 3 is 2.43 bits per heavy atom. The molecule has 1 aromatic rings. The molecule has 0 aliphatic carbocycles. The summed E-state index contributed by atoms with van der Waals surface area (Å²) in [7, 11) is 0. The van der Waals surface area contributed by atoms with Crippen LogP contribution in [-0.4, -0.2) is 12.1 Å². The van der Waals surface area contributed by atoms with Gasteiger partial charge in [-0.05, 0) is 31.5 Å². The molecule has 1 N–H and O–H groups in total. The van der Waals surface area contributed by atoms with Gasteiger partial charge in [0, 0.05) is 6.54 Å². The first-order valence-electron chi connectivity index (χ1n) is 4.74. The number of alkyl halides is 1.